The van der Waals surface area contributed by atoms with Crippen LogP contribution in [0.5, 0.6) is 0 Å². The zero-order valence-electron chi connectivity index (χ0n) is 14.2. The van der Waals surface area contributed by atoms with E-state index in [2.05, 4.69) is 15.1 Å². The number of carbonyl (C=O) groups excluding carboxylic acids is 1. The summed E-state index contributed by atoms with van der Waals surface area (Å²) in [6, 6.07) is 8.95. The fraction of sp³-hybridized carbons (Fsp3) is 0.222. The molecule has 128 valence electrons. The first-order valence-electron chi connectivity index (χ1n) is 7.81. The van der Waals surface area contributed by atoms with Crippen molar-refractivity contribution in [2.24, 2.45) is 0 Å². The van der Waals surface area contributed by atoms with Crippen molar-refractivity contribution in [1.29, 1.82) is 0 Å². The minimum absolute atomic E-state index is 0.0197. The number of H-pyrrole nitrogens is 1. The normalized spacial score (nSPS) is 12.0. The summed E-state index contributed by atoms with van der Waals surface area (Å²) in [5.41, 5.74) is 2.01. The number of aromatic nitrogens is 3. The van der Waals surface area contributed by atoms with E-state index in [9.17, 15) is 9.59 Å². The minimum Gasteiger partial charge on any atom is -0.364 e. The van der Waals surface area contributed by atoms with Gasteiger partial charge in [0.05, 0.1) is 6.04 Å². The highest BCUT2D eigenvalue weighted by Crippen LogP contribution is 2.18. The lowest BCUT2D eigenvalue weighted by Gasteiger charge is -2.22. The number of carbonyl (C=O) groups is 1. The Balaban J connectivity index is 1.86. The largest absolute Gasteiger partial charge is 0.364 e. The van der Waals surface area contributed by atoms with E-state index in [0.717, 1.165) is 11.1 Å². The molecule has 25 heavy (non-hydrogen) atoms. The van der Waals surface area contributed by atoms with E-state index < -0.39 is 11.5 Å². The van der Waals surface area contributed by atoms with Crippen LogP contribution < -0.4 is 5.56 Å². The summed E-state index contributed by atoms with van der Waals surface area (Å²) >= 11 is 0. The third-order valence-electron chi connectivity index (χ3n) is 4.14. The molecule has 0 saturated carbocycles. The van der Waals surface area contributed by atoms with Gasteiger partial charge >= 0.3 is 0 Å². The van der Waals surface area contributed by atoms with E-state index >= 15 is 0 Å². The smallest absolute Gasteiger partial charge is 0.264 e. The zero-order chi connectivity index (χ0) is 18.0. The van der Waals surface area contributed by atoms with Gasteiger partial charge in [0.2, 0.25) is 0 Å². The molecule has 7 nitrogen and oxygen atoms in total. The molecule has 0 radical (unpaired) electrons. The predicted molar refractivity (Wildman–Crippen MR) is 92.0 cm³/mol. The van der Waals surface area contributed by atoms with E-state index in [1.54, 1.807) is 20.0 Å². The van der Waals surface area contributed by atoms with Crippen molar-refractivity contribution < 1.29 is 9.32 Å². The van der Waals surface area contributed by atoms with Gasteiger partial charge in [-0.15, -0.1) is 0 Å². The summed E-state index contributed by atoms with van der Waals surface area (Å²) in [5.74, 6) is -0.00606. The molecule has 0 aliphatic carbocycles. The number of benzene rings is 1. The van der Waals surface area contributed by atoms with Crippen molar-refractivity contribution in [2.45, 2.75) is 19.9 Å². The van der Waals surface area contributed by atoms with E-state index in [-0.39, 0.29) is 11.6 Å². The molecule has 1 aromatic carbocycles. The Morgan fingerprint density at radius 3 is 2.56 bits per heavy atom. The highest BCUT2D eigenvalue weighted by atomic mass is 16.5. The molecule has 1 unspecified atom stereocenters. The fourth-order valence-corrected chi connectivity index (χ4v) is 2.41. The predicted octanol–water partition coefficient (Wildman–Crippen LogP) is 2.57. The standard InChI is InChI=1S/C18H18N4O3/c1-11-4-6-13(7-5-11)16-19-10-14(17(23)20-16)18(24)22(3)12(2)15-8-9-25-21-15/h4-10,12H,1-3H3,(H,19,20,23). The molecular weight excluding hydrogens is 320 g/mol. The van der Waals surface area contributed by atoms with Gasteiger partial charge in [-0.2, -0.15) is 0 Å². The number of aromatic amines is 1. The highest BCUT2D eigenvalue weighted by Gasteiger charge is 2.23. The number of hydrogen-bond donors (Lipinski definition) is 1. The summed E-state index contributed by atoms with van der Waals surface area (Å²) < 4.78 is 4.80. The van der Waals surface area contributed by atoms with Crippen molar-refractivity contribution >= 4 is 5.91 Å². The second-order valence-corrected chi connectivity index (χ2v) is 5.86. The van der Waals surface area contributed by atoms with Crippen molar-refractivity contribution in [2.75, 3.05) is 7.05 Å². The number of aryl methyl sites for hydroxylation is 1. The van der Waals surface area contributed by atoms with Crippen LogP contribution in [0.4, 0.5) is 0 Å². The molecular formula is C18H18N4O3. The van der Waals surface area contributed by atoms with Gasteiger partial charge in [0.25, 0.3) is 11.5 Å². The van der Waals surface area contributed by atoms with Gasteiger partial charge in [-0.1, -0.05) is 35.0 Å². The second kappa shape index (κ2) is 6.72. The van der Waals surface area contributed by atoms with Crippen molar-refractivity contribution in [3.63, 3.8) is 0 Å². The van der Waals surface area contributed by atoms with Crippen LogP contribution in [0.3, 0.4) is 0 Å². The van der Waals surface area contributed by atoms with Gasteiger partial charge in [0.15, 0.2) is 0 Å². The Kier molecular flexibility index (Phi) is 4.47. The lowest BCUT2D eigenvalue weighted by atomic mass is 10.1. The summed E-state index contributed by atoms with van der Waals surface area (Å²) in [6.45, 7) is 3.78. The van der Waals surface area contributed by atoms with E-state index in [4.69, 9.17) is 4.52 Å². The van der Waals surface area contributed by atoms with Gasteiger partial charge in [-0.25, -0.2) is 4.98 Å². The molecule has 1 atom stereocenters. The molecule has 3 aromatic rings. The molecule has 1 N–H and O–H groups in total. The first kappa shape index (κ1) is 16.6. The van der Waals surface area contributed by atoms with Gasteiger partial charge in [0, 0.05) is 24.9 Å². The van der Waals surface area contributed by atoms with Gasteiger partial charge in [-0.3, -0.25) is 9.59 Å². The van der Waals surface area contributed by atoms with Crippen LogP contribution >= 0.6 is 0 Å². The van der Waals surface area contributed by atoms with Gasteiger partial charge < -0.3 is 14.4 Å². The number of nitrogens with zero attached hydrogens (tertiary/aromatic N) is 3. The number of nitrogens with one attached hydrogen (secondary N) is 1. The molecule has 0 aliphatic heterocycles. The number of hydrogen-bond acceptors (Lipinski definition) is 5. The zero-order valence-corrected chi connectivity index (χ0v) is 14.2. The van der Waals surface area contributed by atoms with Crippen LogP contribution in [-0.4, -0.2) is 33.0 Å². The van der Waals surface area contributed by atoms with E-state index in [1.807, 2.05) is 31.2 Å². The van der Waals surface area contributed by atoms with Crippen LogP contribution in [0.1, 0.15) is 34.6 Å². The molecule has 2 aromatic heterocycles. The first-order valence-corrected chi connectivity index (χ1v) is 7.81. The quantitative estimate of drug-likeness (QED) is 0.789. The first-order chi connectivity index (χ1) is 12.0. The van der Waals surface area contributed by atoms with Crippen LogP contribution in [0.25, 0.3) is 11.4 Å². The van der Waals surface area contributed by atoms with Gasteiger partial charge in [0.1, 0.15) is 23.3 Å². The maximum absolute atomic E-state index is 12.6. The summed E-state index contributed by atoms with van der Waals surface area (Å²) in [6.07, 6.45) is 2.75. The molecule has 3 rings (SSSR count). The lowest BCUT2D eigenvalue weighted by molar-refractivity contribution is 0.0735. The van der Waals surface area contributed by atoms with E-state index in [1.165, 1.54) is 17.4 Å². The maximum Gasteiger partial charge on any atom is 0.264 e. The van der Waals surface area contributed by atoms with Crippen LogP contribution in [0.15, 0.2) is 52.1 Å². The Hall–Kier alpha value is -3.22. The average molecular weight is 338 g/mol. The third-order valence-corrected chi connectivity index (χ3v) is 4.14. The average Bonchev–Trinajstić information content (AvgIpc) is 3.15. The molecule has 0 saturated heterocycles. The molecule has 0 fully saturated rings. The molecule has 0 spiro atoms. The Bertz CT molecular complexity index is 930. The second-order valence-electron chi connectivity index (χ2n) is 5.86. The van der Waals surface area contributed by atoms with Crippen molar-refractivity contribution in [1.82, 2.24) is 20.0 Å². The third kappa shape index (κ3) is 3.35. The topological polar surface area (TPSA) is 92.1 Å². The minimum atomic E-state index is -0.477. The van der Waals surface area contributed by atoms with Crippen LogP contribution in [0, 0.1) is 6.92 Å². The van der Waals surface area contributed by atoms with Crippen molar-refractivity contribution in [3.8, 4) is 11.4 Å². The fourth-order valence-electron chi connectivity index (χ4n) is 2.41. The Morgan fingerprint density at radius 1 is 1.24 bits per heavy atom. The van der Waals surface area contributed by atoms with Gasteiger partial charge in [-0.05, 0) is 13.8 Å². The molecule has 0 bridgehead atoms. The molecule has 2 heterocycles. The molecule has 1 amide bonds. The number of amides is 1. The lowest BCUT2D eigenvalue weighted by Crippen LogP contribution is -2.34. The van der Waals surface area contributed by atoms with Crippen molar-refractivity contribution in [3.05, 3.63) is 70.0 Å². The summed E-state index contributed by atoms with van der Waals surface area (Å²) in [5, 5.41) is 3.83. The van der Waals surface area contributed by atoms with Crippen LogP contribution in [-0.2, 0) is 0 Å². The maximum atomic E-state index is 12.6. The highest BCUT2D eigenvalue weighted by molar-refractivity contribution is 5.93. The van der Waals surface area contributed by atoms with Crippen LogP contribution in [0.2, 0.25) is 0 Å². The Morgan fingerprint density at radius 2 is 1.96 bits per heavy atom. The van der Waals surface area contributed by atoms with E-state index in [0.29, 0.717) is 11.5 Å². The SMILES string of the molecule is Cc1ccc(-c2ncc(C(=O)N(C)C(C)c3ccon3)c(=O)[nH]2)cc1. The summed E-state index contributed by atoms with van der Waals surface area (Å²) in [4.78, 5) is 33.3. The number of rotatable bonds is 4. The monoisotopic (exact) mass is 338 g/mol. The molecule has 7 heteroatoms. The molecule has 0 aliphatic rings. The Labute approximate surface area is 144 Å². The summed E-state index contributed by atoms with van der Waals surface area (Å²) in [7, 11) is 1.61.